The van der Waals surface area contributed by atoms with Gasteiger partial charge in [-0.15, -0.1) is 0 Å². The van der Waals surface area contributed by atoms with Gasteiger partial charge >= 0.3 is 0 Å². The molecule has 1 saturated carbocycles. The van der Waals surface area contributed by atoms with Crippen LogP contribution in [-0.4, -0.2) is 66.4 Å². The van der Waals surface area contributed by atoms with Crippen molar-refractivity contribution in [1.82, 2.24) is 15.1 Å². The molecule has 3 unspecified atom stereocenters. The van der Waals surface area contributed by atoms with Crippen molar-refractivity contribution in [2.24, 2.45) is 11.7 Å². The first-order chi connectivity index (χ1) is 10.5. The molecule has 3 atom stereocenters. The SMILES string of the molecule is CC1CCCC(NC(=O)CN2CCN(C(=O)C(C)N)CC2)C1. The molecule has 6 nitrogen and oxygen atoms in total. The zero-order chi connectivity index (χ0) is 16.1. The van der Waals surface area contributed by atoms with Crippen molar-refractivity contribution in [3.8, 4) is 0 Å². The highest BCUT2D eigenvalue weighted by Crippen LogP contribution is 2.23. The molecule has 0 aromatic heterocycles. The van der Waals surface area contributed by atoms with Crippen LogP contribution < -0.4 is 11.1 Å². The lowest BCUT2D eigenvalue weighted by atomic mass is 9.87. The van der Waals surface area contributed by atoms with Crippen LogP contribution in [0, 0.1) is 5.92 Å². The topological polar surface area (TPSA) is 78.7 Å². The van der Waals surface area contributed by atoms with Gasteiger partial charge in [-0.05, 0) is 25.7 Å². The number of piperazine rings is 1. The molecular formula is C16H30N4O2. The molecule has 3 N–H and O–H groups in total. The molecule has 126 valence electrons. The fourth-order valence-electron chi connectivity index (χ4n) is 3.46. The maximum absolute atomic E-state index is 12.2. The Morgan fingerprint density at radius 2 is 1.91 bits per heavy atom. The first kappa shape index (κ1) is 17.2. The summed E-state index contributed by atoms with van der Waals surface area (Å²) in [6, 6.07) is -0.0969. The third-order valence-corrected chi connectivity index (χ3v) is 4.74. The molecule has 2 aliphatic rings. The van der Waals surface area contributed by atoms with Gasteiger partial charge in [0.1, 0.15) is 0 Å². The van der Waals surface area contributed by atoms with Gasteiger partial charge in [-0.2, -0.15) is 0 Å². The van der Waals surface area contributed by atoms with E-state index in [4.69, 9.17) is 5.73 Å². The van der Waals surface area contributed by atoms with E-state index in [2.05, 4.69) is 17.1 Å². The van der Waals surface area contributed by atoms with Crippen LogP contribution in [0.15, 0.2) is 0 Å². The van der Waals surface area contributed by atoms with Gasteiger partial charge in [0, 0.05) is 32.2 Å². The summed E-state index contributed by atoms with van der Waals surface area (Å²) in [6.45, 7) is 7.22. The van der Waals surface area contributed by atoms with Crippen LogP contribution in [0.1, 0.15) is 39.5 Å². The standard InChI is InChI=1S/C16H30N4O2/c1-12-4-3-5-14(10-12)18-15(21)11-19-6-8-20(9-7-19)16(22)13(2)17/h12-14H,3-11,17H2,1-2H3,(H,18,21). The Hall–Kier alpha value is -1.14. The normalized spacial score (nSPS) is 28.2. The molecule has 2 fully saturated rings. The van der Waals surface area contributed by atoms with Crippen molar-refractivity contribution in [2.45, 2.75) is 51.6 Å². The van der Waals surface area contributed by atoms with Crippen LogP contribution in [0.5, 0.6) is 0 Å². The number of nitrogens with two attached hydrogens (primary N) is 1. The molecule has 22 heavy (non-hydrogen) atoms. The molecule has 6 heteroatoms. The first-order valence-electron chi connectivity index (χ1n) is 8.51. The number of hydrogen-bond acceptors (Lipinski definition) is 4. The van der Waals surface area contributed by atoms with E-state index in [1.807, 2.05) is 0 Å². The molecule has 0 aromatic carbocycles. The fourth-order valence-corrected chi connectivity index (χ4v) is 3.46. The Kier molecular flexibility index (Phi) is 6.20. The number of hydrogen-bond donors (Lipinski definition) is 2. The van der Waals surface area contributed by atoms with Gasteiger partial charge in [-0.1, -0.05) is 19.8 Å². The van der Waals surface area contributed by atoms with Gasteiger partial charge in [-0.25, -0.2) is 0 Å². The highest BCUT2D eigenvalue weighted by molar-refractivity contribution is 5.81. The molecular weight excluding hydrogens is 280 g/mol. The third kappa shape index (κ3) is 4.95. The zero-order valence-corrected chi connectivity index (χ0v) is 13.9. The third-order valence-electron chi connectivity index (χ3n) is 4.74. The minimum Gasteiger partial charge on any atom is -0.352 e. The monoisotopic (exact) mass is 310 g/mol. The number of carbonyl (C=O) groups is 2. The molecule has 1 aliphatic heterocycles. The minimum absolute atomic E-state index is 0.000273. The number of nitrogens with one attached hydrogen (secondary N) is 1. The van der Waals surface area contributed by atoms with Crippen molar-refractivity contribution in [2.75, 3.05) is 32.7 Å². The van der Waals surface area contributed by atoms with E-state index in [1.165, 1.54) is 12.8 Å². The summed E-state index contributed by atoms with van der Waals surface area (Å²) in [5, 5.41) is 3.17. The Morgan fingerprint density at radius 1 is 1.23 bits per heavy atom. The predicted molar refractivity (Wildman–Crippen MR) is 86.2 cm³/mol. The van der Waals surface area contributed by atoms with E-state index in [1.54, 1.807) is 11.8 Å². The molecule has 0 bridgehead atoms. The molecule has 1 heterocycles. The second-order valence-electron chi connectivity index (χ2n) is 6.93. The number of nitrogens with zero attached hydrogens (tertiary/aromatic N) is 2. The highest BCUT2D eigenvalue weighted by atomic mass is 16.2. The Morgan fingerprint density at radius 3 is 2.50 bits per heavy atom. The summed E-state index contributed by atoms with van der Waals surface area (Å²) in [5.74, 6) is 0.832. The minimum atomic E-state index is -0.442. The van der Waals surface area contributed by atoms with Crippen LogP contribution >= 0.6 is 0 Å². The van der Waals surface area contributed by atoms with Crippen molar-refractivity contribution in [3.05, 3.63) is 0 Å². The second kappa shape index (κ2) is 7.92. The lowest BCUT2D eigenvalue weighted by Crippen LogP contribution is -2.54. The number of rotatable bonds is 4. The summed E-state index contributed by atoms with van der Waals surface area (Å²) in [4.78, 5) is 27.9. The largest absolute Gasteiger partial charge is 0.352 e. The number of carbonyl (C=O) groups excluding carboxylic acids is 2. The Balaban J connectivity index is 1.69. The van der Waals surface area contributed by atoms with E-state index < -0.39 is 6.04 Å². The average molecular weight is 310 g/mol. The van der Waals surface area contributed by atoms with Crippen LogP contribution in [0.2, 0.25) is 0 Å². The van der Waals surface area contributed by atoms with Crippen LogP contribution in [-0.2, 0) is 9.59 Å². The molecule has 0 aromatic rings. The predicted octanol–water partition coefficient (Wildman–Crippen LogP) is 0.173. The molecule has 1 aliphatic carbocycles. The van der Waals surface area contributed by atoms with Gasteiger partial charge in [0.2, 0.25) is 11.8 Å². The van der Waals surface area contributed by atoms with Crippen LogP contribution in [0.4, 0.5) is 0 Å². The molecule has 2 amide bonds. The van der Waals surface area contributed by atoms with Gasteiger partial charge in [0.25, 0.3) is 0 Å². The van der Waals surface area contributed by atoms with E-state index in [-0.39, 0.29) is 11.8 Å². The van der Waals surface area contributed by atoms with Gasteiger partial charge in [0.15, 0.2) is 0 Å². The molecule has 2 rings (SSSR count). The zero-order valence-electron chi connectivity index (χ0n) is 13.9. The molecule has 1 saturated heterocycles. The smallest absolute Gasteiger partial charge is 0.239 e. The summed E-state index contributed by atoms with van der Waals surface area (Å²) < 4.78 is 0. The quantitative estimate of drug-likeness (QED) is 0.776. The van der Waals surface area contributed by atoms with Gasteiger partial charge in [0.05, 0.1) is 12.6 Å². The summed E-state index contributed by atoms with van der Waals surface area (Å²) in [6.07, 6.45) is 4.70. The lowest BCUT2D eigenvalue weighted by Gasteiger charge is -2.35. The van der Waals surface area contributed by atoms with Crippen molar-refractivity contribution < 1.29 is 9.59 Å². The van der Waals surface area contributed by atoms with E-state index in [9.17, 15) is 9.59 Å². The maximum Gasteiger partial charge on any atom is 0.239 e. The van der Waals surface area contributed by atoms with Gasteiger partial charge < -0.3 is 16.0 Å². The Bertz CT molecular complexity index is 392. The lowest BCUT2D eigenvalue weighted by molar-refractivity contribution is -0.134. The molecule has 0 spiro atoms. The van der Waals surface area contributed by atoms with E-state index >= 15 is 0 Å². The van der Waals surface area contributed by atoms with Crippen molar-refractivity contribution in [3.63, 3.8) is 0 Å². The highest BCUT2D eigenvalue weighted by Gasteiger charge is 2.25. The van der Waals surface area contributed by atoms with E-state index in [0.29, 0.717) is 31.6 Å². The van der Waals surface area contributed by atoms with Crippen molar-refractivity contribution >= 4 is 11.8 Å². The maximum atomic E-state index is 12.2. The number of amides is 2. The summed E-state index contributed by atoms with van der Waals surface area (Å²) >= 11 is 0. The van der Waals surface area contributed by atoms with Crippen LogP contribution in [0.3, 0.4) is 0 Å². The molecule has 0 radical (unpaired) electrons. The summed E-state index contributed by atoms with van der Waals surface area (Å²) in [5.41, 5.74) is 5.63. The fraction of sp³-hybridized carbons (Fsp3) is 0.875. The van der Waals surface area contributed by atoms with Gasteiger partial charge in [-0.3, -0.25) is 14.5 Å². The average Bonchev–Trinajstić information content (AvgIpc) is 2.47. The van der Waals surface area contributed by atoms with Crippen molar-refractivity contribution in [1.29, 1.82) is 0 Å². The second-order valence-corrected chi connectivity index (χ2v) is 6.93. The summed E-state index contributed by atoms with van der Waals surface area (Å²) in [7, 11) is 0. The Labute approximate surface area is 133 Å². The van der Waals surface area contributed by atoms with E-state index in [0.717, 1.165) is 25.9 Å². The first-order valence-corrected chi connectivity index (χ1v) is 8.51. The van der Waals surface area contributed by atoms with Crippen LogP contribution in [0.25, 0.3) is 0 Å².